The molecule has 2 N–H and O–H groups in total. The second-order valence-corrected chi connectivity index (χ2v) is 9.39. The van der Waals surface area contributed by atoms with Crippen LogP contribution in [-0.4, -0.2) is 22.7 Å². The molecule has 1 amide bonds. The molecule has 2 aromatic rings. The number of ether oxygens (including phenoxy) is 1. The van der Waals surface area contributed by atoms with Crippen LogP contribution in [0.25, 0.3) is 0 Å². The van der Waals surface area contributed by atoms with Crippen LogP contribution in [0.1, 0.15) is 43.2 Å². The van der Waals surface area contributed by atoms with Gasteiger partial charge >= 0.3 is 0 Å². The van der Waals surface area contributed by atoms with E-state index in [0.29, 0.717) is 30.8 Å². The standard InChI is InChI=1S/C25H29NO3/c27-23(26-24-20-9-19-10-21(24)15-25(28,13-19)14-20)12-18-7-4-8-22(11-18)29-16-17-5-2-1-3-6-17/h1-8,11,19-21,24,28H,9-10,12-16H2,(H,26,27)/t19-,20-,21-,24+,25-/m1/s1. The monoisotopic (exact) mass is 391 g/mol. The summed E-state index contributed by atoms with van der Waals surface area (Å²) in [4.78, 5) is 12.8. The van der Waals surface area contributed by atoms with Crippen molar-refractivity contribution in [2.45, 2.75) is 56.8 Å². The third-order valence-electron chi connectivity index (χ3n) is 7.08. The van der Waals surface area contributed by atoms with E-state index in [9.17, 15) is 9.90 Å². The van der Waals surface area contributed by atoms with E-state index < -0.39 is 5.60 Å². The summed E-state index contributed by atoms with van der Waals surface area (Å²) >= 11 is 0. The molecule has 4 heteroatoms. The number of carbonyl (C=O) groups excluding carboxylic acids is 1. The van der Waals surface area contributed by atoms with Crippen molar-refractivity contribution in [1.29, 1.82) is 0 Å². The Morgan fingerprint density at radius 3 is 2.45 bits per heavy atom. The highest BCUT2D eigenvalue weighted by atomic mass is 16.5. The van der Waals surface area contributed by atoms with Crippen molar-refractivity contribution in [3.8, 4) is 5.75 Å². The van der Waals surface area contributed by atoms with Crippen LogP contribution < -0.4 is 10.1 Å². The van der Waals surface area contributed by atoms with Crippen molar-refractivity contribution in [3.05, 3.63) is 65.7 Å². The van der Waals surface area contributed by atoms with E-state index in [4.69, 9.17) is 4.74 Å². The van der Waals surface area contributed by atoms with Gasteiger partial charge in [-0.25, -0.2) is 0 Å². The fourth-order valence-electron chi connectivity index (χ4n) is 6.13. The summed E-state index contributed by atoms with van der Waals surface area (Å²) in [6.45, 7) is 0.520. The number of rotatable bonds is 6. The molecule has 0 spiro atoms. The summed E-state index contributed by atoms with van der Waals surface area (Å²) in [5.74, 6) is 2.40. The fourth-order valence-corrected chi connectivity index (χ4v) is 6.13. The largest absolute Gasteiger partial charge is 0.489 e. The van der Waals surface area contributed by atoms with Crippen molar-refractivity contribution in [2.24, 2.45) is 17.8 Å². The first-order chi connectivity index (χ1) is 14.1. The highest BCUT2D eigenvalue weighted by Crippen LogP contribution is 2.55. The predicted octanol–water partition coefficient (Wildman–Crippen LogP) is 3.86. The Bertz CT molecular complexity index is 865. The average molecular weight is 392 g/mol. The first kappa shape index (κ1) is 18.7. The van der Waals surface area contributed by atoms with Crippen molar-refractivity contribution in [1.82, 2.24) is 5.32 Å². The lowest BCUT2D eigenvalue weighted by atomic mass is 9.52. The normalized spacial score (nSPS) is 32.2. The van der Waals surface area contributed by atoms with E-state index in [-0.39, 0.29) is 11.9 Å². The summed E-state index contributed by atoms with van der Waals surface area (Å²) in [5.41, 5.74) is 1.64. The number of nitrogens with one attached hydrogen (secondary N) is 1. The first-order valence-electron chi connectivity index (χ1n) is 10.8. The summed E-state index contributed by atoms with van der Waals surface area (Å²) in [6.07, 6.45) is 5.36. The molecule has 4 aliphatic carbocycles. The molecule has 4 nitrogen and oxygen atoms in total. The topological polar surface area (TPSA) is 58.6 Å². The summed E-state index contributed by atoms with van der Waals surface area (Å²) in [7, 11) is 0. The van der Waals surface area contributed by atoms with Gasteiger partial charge in [-0.2, -0.15) is 0 Å². The lowest BCUT2D eigenvalue weighted by molar-refractivity contribution is -0.146. The number of benzene rings is 2. The van der Waals surface area contributed by atoms with Crippen molar-refractivity contribution in [3.63, 3.8) is 0 Å². The fraction of sp³-hybridized carbons (Fsp3) is 0.480. The molecular weight excluding hydrogens is 362 g/mol. The smallest absolute Gasteiger partial charge is 0.224 e. The van der Waals surface area contributed by atoms with Gasteiger partial charge in [-0.15, -0.1) is 0 Å². The van der Waals surface area contributed by atoms with Gasteiger partial charge in [0.05, 0.1) is 12.0 Å². The Hall–Kier alpha value is -2.33. The van der Waals surface area contributed by atoms with E-state index in [2.05, 4.69) is 5.32 Å². The number of aliphatic hydroxyl groups is 1. The molecule has 4 aliphatic rings. The van der Waals surface area contributed by atoms with Crippen LogP contribution in [0.4, 0.5) is 0 Å². The third-order valence-corrected chi connectivity index (χ3v) is 7.08. The minimum atomic E-state index is -0.456. The first-order valence-corrected chi connectivity index (χ1v) is 10.8. The molecule has 4 saturated carbocycles. The molecule has 4 bridgehead atoms. The van der Waals surface area contributed by atoms with Gasteiger partial charge < -0.3 is 15.2 Å². The lowest BCUT2D eigenvalue weighted by Crippen LogP contribution is -2.61. The van der Waals surface area contributed by atoms with E-state index in [1.165, 1.54) is 0 Å². The second kappa shape index (κ2) is 7.49. The molecule has 29 heavy (non-hydrogen) atoms. The lowest BCUT2D eigenvalue weighted by Gasteiger charge is -2.58. The number of amides is 1. The zero-order valence-electron chi connectivity index (χ0n) is 16.7. The second-order valence-electron chi connectivity index (χ2n) is 9.39. The Kier molecular flexibility index (Phi) is 4.83. The minimum absolute atomic E-state index is 0.0784. The Balaban J connectivity index is 1.18. The Morgan fingerprint density at radius 2 is 1.72 bits per heavy atom. The Labute approximate surface area is 172 Å². The van der Waals surface area contributed by atoms with E-state index in [0.717, 1.165) is 49.0 Å². The van der Waals surface area contributed by atoms with Crippen LogP contribution in [0.15, 0.2) is 54.6 Å². The van der Waals surface area contributed by atoms with Crippen LogP contribution in [0.5, 0.6) is 5.75 Å². The van der Waals surface area contributed by atoms with E-state index in [1.807, 2.05) is 54.6 Å². The minimum Gasteiger partial charge on any atom is -0.489 e. The maximum Gasteiger partial charge on any atom is 0.224 e. The van der Waals surface area contributed by atoms with Crippen LogP contribution in [-0.2, 0) is 17.8 Å². The zero-order valence-corrected chi connectivity index (χ0v) is 16.7. The number of hydrogen-bond donors (Lipinski definition) is 2. The molecular formula is C25H29NO3. The van der Waals surface area contributed by atoms with E-state index >= 15 is 0 Å². The van der Waals surface area contributed by atoms with Crippen molar-refractivity contribution >= 4 is 5.91 Å². The van der Waals surface area contributed by atoms with Crippen molar-refractivity contribution in [2.75, 3.05) is 0 Å². The molecule has 0 heterocycles. The van der Waals surface area contributed by atoms with Crippen LogP contribution in [0.3, 0.4) is 0 Å². The molecule has 0 radical (unpaired) electrons. The molecule has 6 rings (SSSR count). The molecule has 4 fully saturated rings. The highest BCUT2D eigenvalue weighted by molar-refractivity contribution is 5.79. The maximum absolute atomic E-state index is 12.8. The maximum atomic E-state index is 12.8. The average Bonchev–Trinajstić information content (AvgIpc) is 2.69. The number of carbonyl (C=O) groups is 1. The highest BCUT2D eigenvalue weighted by Gasteiger charge is 2.54. The molecule has 0 unspecified atom stereocenters. The molecule has 0 aromatic heterocycles. The molecule has 2 aromatic carbocycles. The van der Waals surface area contributed by atoms with Gasteiger partial charge in [0.2, 0.25) is 5.91 Å². The van der Waals surface area contributed by atoms with Gasteiger partial charge in [0.25, 0.3) is 0 Å². The number of hydrogen-bond acceptors (Lipinski definition) is 3. The molecule has 0 aliphatic heterocycles. The molecule has 2 atom stereocenters. The molecule has 152 valence electrons. The van der Waals surface area contributed by atoms with Gasteiger partial charge in [0.15, 0.2) is 0 Å². The van der Waals surface area contributed by atoms with Gasteiger partial charge in [0.1, 0.15) is 12.4 Å². The van der Waals surface area contributed by atoms with Crippen LogP contribution >= 0.6 is 0 Å². The SMILES string of the molecule is O=C(Cc1cccc(OCc2ccccc2)c1)N[C@H]1[C@@H]2C[C@@H]3C[C@@H]1C[C@](O)(C2)C3. The van der Waals surface area contributed by atoms with Gasteiger partial charge in [-0.1, -0.05) is 42.5 Å². The molecule has 0 saturated heterocycles. The Morgan fingerprint density at radius 1 is 1.00 bits per heavy atom. The van der Waals surface area contributed by atoms with Crippen LogP contribution in [0, 0.1) is 17.8 Å². The van der Waals surface area contributed by atoms with Gasteiger partial charge in [-0.3, -0.25) is 4.79 Å². The quantitative estimate of drug-likeness (QED) is 0.786. The van der Waals surface area contributed by atoms with E-state index in [1.54, 1.807) is 0 Å². The summed E-state index contributed by atoms with van der Waals surface area (Å²) < 4.78 is 5.89. The van der Waals surface area contributed by atoms with Crippen molar-refractivity contribution < 1.29 is 14.6 Å². The van der Waals surface area contributed by atoms with Gasteiger partial charge in [-0.05, 0) is 73.1 Å². The van der Waals surface area contributed by atoms with Crippen LogP contribution in [0.2, 0.25) is 0 Å². The zero-order chi connectivity index (χ0) is 19.8. The summed E-state index contributed by atoms with van der Waals surface area (Å²) in [6, 6.07) is 18.1. The van der Waals surface area contributed by atoms with Gasteiger partial charge in [0, 0.05) is 6.04 Å². The summed E-state index contributed by atoms with van der Waals surface area (Å²) in [5, 5.41) is 14.0. The predicted molar refractivity (Wildman–Crippen MR) is 111 cm³/mol. The third kappa shape index (κ3) is 4.04.